The van der Waals surface area contributed by atoms with Gasteiger partial charge in [0.15, 0.2) is 0 Å². The number of nitrogens with two attached hydrogens (primary N) is 2. The van der Waals surface area contributed by atoms with Crippen molar-refractivity contribution in [3.8, 4) is 10.6 Å². The van der Waals surface area contributed by atoms with Gasteiger partial charge in [-0.1, -0.05) is 6.07 Å². The lowest BCUT2D eigenvalue weighted by atomic mass is 10.1. The molecule has 2 aromatic heterocycles. The quantitative estimate of drug-likeness (QED) is 0.724. The third-order valence-electron chi connectivity index (χ3n) is 2.97. The van der Waals surface area contributed by atoms with Crippen molar-refractivity contribution in [2.75, 3.05) is 11.5 Å². The fourth-order valence-electron chi connectivity index (χ4n) is 1.98. The molecule has 0 atom stereocenters. The zero-order chi connectivity index (χ0) is 13.9. The lowest BCUT2D eigenvalue weighted by Gasteiger charge is -2.03. The van der Waals surface area contributed by atoms with E-state index in [1.54, 1.807) is 23.6 Å². The third kappa shape index (κ3) is 2.62. The number of aromatic nitrogens is 2. The summed E-state index contributed by atoms with van der Waals surface area (Å²) >= 11 is 1.58. The molecule has 5 heteroatoms. The molecule has 0 saturated heterocycles. The van der Waals surface area contributed by atoms with Crippen molar-refractivity contribution in [3.05, 3.63) is 59.4 Å². The number of rotatable bonds is 3. The van der Waals surface area contributed by atoms with Crippen molar-refractivity contribution < 1.29 is 0 Å². The molecule has 4 nitrogen and oxygen atoms in total. The zero-order valence-corrected chi connectivity index (χ0v) is 11.6. The minimum atomic E-state index is 0.693. The largest absolute Gasteiger partial charge is 0.399 e. The van der Waals surface area contributed by atoms with Crippen LogP contribution in [0.4, 0.5) is 11.4 Å². The first-order valence-electron chi connectivity index (χ1n) is 6.21. The minimum Gasteiger partial charge on any atom is -0.399 e. The number of pyridine rings is 1. The van der Waals surface area contributed by atoms with Crippen LogP contribution >= 0.6 is 11.3 Å². The summed E-state index contributed by atoms with van der Waals surface area (Å²) in [4.78, 5) is 8.74. The second-order valence-corrected chi connectivity index (χ2v) is 5.39. The third-order valence-corrected chi connectivity index (χ3v) is 3.89. The Morgan fingerprint density at radius 1 is 1.15 bits per heavy atom. The molecule has 20 heavy (non-hydrogen) atoms. The van der Waals surface area contributed by atoms with Crippen molar-refractivity contribution in [1.82, 2.24) is 9.97 Å². The Morgan fingerprint density at radius 2 is 2.05 bits per heavy atom. The summed E-state index contributed by atoms with van der Waals surface area (Å²) in [5, 5.41) is 2.94. The van der Waals surface area contributed by atoms with E-state index in [0.717, 1.165) is 28.2 Å². The maximum atomic E-state index is 5.98. The van der Waals surface area contributed by atoms with E-state index in [1.165, 1.54) is 0 Å². The highest BCUT2D eigenvalue weighted by molar-refractivity contribution is 7.13. The van der Waals surface area contributed by atoms with Crippen LogP contribution in [0.25, 0.3) is 10.6 Å². The molecule has 0 radical (unpaired) electrons. The fraction of sp³-hybridized carbons (Fsp3) is 0.0667. The van der Waals surface area contributed by atoms with Crippen molar-refractivity contribution in [2.24, 2.45) is 0 Å². The molecule has 0 aliphatic heterocycles. The molecule has 0 unspecified atom stereocenters. The number of nitrogens with zero attached hydrogens (tertiary/aromatic N) is 2. The molecule has 0 aliphatic rings. The predicted octanol–water partition coefficient (Wildman–Crippen LogP) is 2.96. The van der Waals surface area contributed by atoms with E-state index in [-0.39, 0.29) is 0 Å². The normalized spacial score (nSPS) is 10.6. The molecule has 0 bridgehead atoms. The van der Waals surface area contributed by atoms with E-state index in [0.29, 0.717) is 11.4 Å². The number of anilines is 2. The van der Waals surface area contributed by atoms with Crippen molar-refractivity contribution in [2.45, 2.75) is 6.42 Å². The Kier molecular flexibility index (Phi) is 3.35. The van der Waals surface area contributed by atoms with E-state index in [2.05, 4.69) is 9.97 Å². The van der Waals surface area contributed by atoms with Crippen LogP contribution in [0.3, 0.4) is 0 Å². The molecule has 0 amide bonds. The Hall–Kier alpha value is -2.40. The van der Waals surface area contributed by atoms with E-state index < -0.39 is 0 Å². The van der Waals surface area contributed by atoms with Gasteiger partial charge in [0.1, 0.15) is 5.01 Å². The van der Waals surface area contributed by atoms with Gasteiger partial charge in [-0.15, -0.1) is 11.3 Å². The zero-order valence-electron chi connectivity index (χ0n) is 10.8. The van der Waals surface area contributed by atoms with E-state index in [1.807, 2.05) is 35.8 Å². The van der Waals surface area contributed by atoms with Gasteiger partial charge in [-0.2, -0.15) is 0 Å². The smallest absolute Gasteiger partial charge is 0.125 e. The van der Waals surface area contributed by atoms with Crippen LogP contribution in [0.2, 0.25) is 0 Å². The molecule has 100 valence electrons. The van der Waals surface area contributed by atoms with Crippen LogP contribution in [0.1, 0.15) is 11.3 Å². The summed E-state index contributed by atoms with van der Waals surface area (Å²) in [6.45, 7) is 0. The van der Waals surface area contributed by atoms with Crippen LogP contribution in [0, 0.1) is 0 Å². The lowest BCUT2D eigenvalue weighted by Crippen LogP contribution is -1.93. The second-order valence-electron chi connectivity index (χ2n) is 4.53. The topological polar surface area (TPSA) is 77.8 Å². The maximum Gasteiger partial charge on any atom is 0.125 e. The van der Waals surface area contributed by atoms with Gasteiger partial charge in [-0.3, -0.25) is 4.98 Å². The molecule has 3 rings (SSSR count). The molecular weight excluding hydrogens is 268 g/mol. The summed E-state index contributed by atoms with van der Waals surface area (Å²) in [6, 6.07) is 9.44. The summed E-state index contributed by atoms with van der Waals surface area (Å²) in [5.41, 5.74) is 16.2. The molecular formula is C15H14N4S. The number of nitrogen functional groups attached to an aromatic ring is 2. The Balaban J connectivity index is 1.88. The van der Waals surface area contributed by atoms with Crippen molar-refractivity contribution in [1.29, 1.82) is 0 Å². The Labute approximate surface area is 121 Å². The van der Waals surface area contributed by atoms with Gasteiger partial charge in [-0.25, -0.2) is 4.98 Å². The summed E-state index contributed by atoms with van der Waals surface area (Å²) in [6.07, 6.45) is 4.39. The molecule has 3 aromatic rings. The molecule has 0 fully saturated rings. The SMILES string of the molecule is Nc1ccc(N)c(-c2nc(Cc3cccnc3)cs2)c1. The van der Waals surface area contributed by atoms with E-state index >= 15 is 0 Å². The molecule has 0 aliphatic carbocycles. The van der Waals surface area contributed by atoms with Crippen LogP contribution in [-0.2, 0) is 6.42 Å². The summed E-state index contributed by atoms with van der Waals surface area (Å²) < 4.78 is 0. The van der Waals surface area contributed by atoms with Gasteiger partial charge in [0.05, 0.1) is 5.69 Å². The first-order valence-corrected chi connectivity index (χ1v) is 7.09. The van der Waals surface area contributed by atoms with Gasteiger partial charge in [-0.05, 0) is 29.8 Å². The molecule has 0 saturated carbocycles. The average molecular weight is 282 g/mol. The minimum absolute atomic E-state index is 0.693. The van der Waals surface area contributed by atoms with E-state index in [4.69, 9.17) is 11.5 Å². The van der Waals surface area contributed by atoms with Crippen LogP contribution in [-0.4, -0.2) is 9.97 Å². The summed E-state index contributed by atoms with van der Waals surface area (Å²) in [7, 11) is 0. The first-order chi connectivity index (χ1) is 9.72. The van der Waals surface area contributed by atoms with Gasteiger partial charge in [0.25, 0.3) is 0 Å². The summed E-state index contributed by atoms with van der Waals surface area (Å²) in [5.74, 6) is 0. The highest BCUT2D eigenvalue weighted by Gasteiger charge is 2.09. The standard InChI is InChI=1S/C15H14N4S/c16-11-3-4-14(17)13(7-11)15-19-12(9-20-15)6-10-2-1-5-18-8-10/h1-5,7-9H,6,16-17H2. The molecule has 1 aromatic carbocycles. The molecule has 0 spiro atoms. The first kappa shape index (κ1) is 12.6. The number of thiazole rings is 1. The average Bonchev–Trinajstić information content (AvgIpc) is 2.91. The predicted molar refractivity (Wildman–Crippen MR) is 83.4 cm³/mol. The van der Waals surface area contributed by atoms with Crippen LogP contribution in [0.15, 0.2) is 48.1 Å². The van der Waals surface area contributed by atoms with Gasteiger partial charge >= 0.3 is 0 Å². The Morgan fingerprint density at radius 3 is 2.85 bits per heavy atom. The van der Waals surface area contributed by atoms with Crippen LogP contribution in [0.5, 0.6) is 0 Å². The maximum absolute atomic E-state index is 5.98. The molecule has 2 heterocycles. The highest BCUT2D eigenvalue weighted by Crippen LogP contribution is 2.30. The number of benzene rings is 1. The van der Waals surface area contributed by atoms with Crippen LogP contribution < -0.4 is 11.5 Å². The number of hydrogen-bond acceptors (Lipinski definition) is 5. The van der Waals surface area contributed by atoms with Gasteiger partial charge in [0, 0.05) is 41.1 Å². The van der Waals surface area contributed by atoms with Gasteiger partial charge in [0.2, 0.25) is 0 Å². The van der Waals surface area contributed by atoms with E-state index in [9.17, 15) is 0 Å². The molecule has 4 N–H and O–H groups in total. The highest BCUT2D eigenvalue weighted by atomic mass is 32.1. The van der Waals surface area contributed by atoms with Gasteiger partial charge < -0.3 is 11.5 Å². The van der Waals surface area contributed by atoms with Crippen molar-refractivity contribution in [3.63, 3.8) is 0 Å². The monoisotopic (exact) mass is 282 g/mol. The fourth-order valence-corrected chi connectivity index (χ4v) is 2.84. The lowest BCUT2D eigenvalue weighted by molar-refractivity contribution is 1.09. The van der Waals surface area contributed by atoms with Crippen molar-refractivity contribution >= 4 is 22.7 Å². The second kappa shape index (κ2) is 5.30. The Bertz CT molecular complexity index is 722. The number of hydrogen-bond donors (Lipinski definition) is 2.